The number of methoxy groups -OCH3 is 1. The predicted molar refractivity (Wildman–Crippen MR) is 122 cm³/mol. The van der Waals surface area contributed by atoms with Gasteiger partial charge in [-0.05, 0) is 12.8 Å². The summed E-state index contributed by atoms with van der Waals surface area (Å²) in [6, 6.07) is -1.04. The molecule has 0 spiro atoms. The standard InChI is InChI=1S/C23H41NO12/c1-13(26)24-17-19(30)21(36-23-20(31)18(29)14(27)12-34-23)15(11-25)35-22(17)33-10-8-6-4-3-5-7-9-16(28)32-2/h14-15,17-23,25,27,29-31H,3-12H2,1-2H3,(H,24,26)/t14-,15+,17+,18-,19+,20+,21+,22+,23-/m0/s1. The summed E-state index contributed by atoms with van der Waals surface area (Å²) >= 11 is 0. The molecule has 0 aliphatic carbocycles. The van der Waals surface area contributed by atoms with Crippen molar-refractivity contribution in [1.29, 1.82) is 0 Å². The summed E-state index contributed by atoms with van der Waals surface area (Å²) in [5.74, 6) is -0.656. The topological polar surface area (TPSA) is 193 Å². The van der Waals surface area contributed by atoms with E-state index in [1.165, 1.54) is 14.0 Å². The lowest BCUT2D eigenvalue weighted by Crippen LogP contribution is -2.67. The van der Waals surface area contributed by atoms with Gasteiger partial charge in [0.05, 0.1) is 20.3 Å². The second-order valence-electron chi connectivity index (χ2n) is 9.11. The van der Waals surface area contributed by atoms with Crippen LogP contribution in [0.15, 0.2) is 0 Å². The smallest absolute Gasteiger partial charge is 0.305 e. The second-order valence-corrected chi connectivity index (χ2v) is 9.11. The van der Waals surface area contributed by atoms with E-state index in [0.29, 0.717) is 12.8 Å². The number of carbonyl (C=O) groups excluding carboxylic acids is 2. The molecule has 2 saturated heterocycles. The molecule has 2 rings (SSSR count). The number of hydrogen-bond donors (Lipinski definition) is 6. The van der Waals surface area contributed by atoms with E-state index in [2.05, 4.69) is 10.1 Å². The van der Waals surface area contributed by atoms with Crippen LogP contribution in [0.3, 0.4) is 0 Å². The first-order chi connectivity index (χ1) is 17.2. The van der Waals surface area contributed by atoms with Gasteiger partial charge in [-0.2, -0.15) is 0 Å². The SMILES string of the molecule is COC(=O)CCCCCCCCO[C@@H]1O[C@H](CO)[C@@H](O[C@@H]2OC[C@H](O)[C@H](O)[C@H]2O)[C@H](O)[C@H]1NC(C)=O. The number of carbonyl (C=O) groups is 2. The number of hydrogen-bond acceptors (Lipinski definition) is 12. The second kappa shape index (κ2) is 15.7. The Morgan fingerprint density at radius 3 is 2.25 bits per heavy atom. The van der Waals surface area contributed by atoms with Crippen molar-refractivity contribution >= 4 is 11.9 Å². The highest BCUT2D eigenvalue weighted by molar-refractivity contribution is 5.73. The molecule has 13 nitrogen and oxygen atoms in total. The number of rotatable bonds is 14. The van der Waals surface area contributed by atoms with Gasteiger partial charge in [0, 0.05) is 20.0 Å². The Hall–Kier alpha value is -1.42. The first kappa shape index (κ1) is 30.8. The molecule has 0 aromatic rings. The van der Waals surface area contributed by atoms with Gasteiger partial charge in [0.2, 0.25) is 5.91 Å². The molecule has 6 N–H and O–H groups in total. The summed E-state index contributed by atoms with van der Waals surface area (Å²) in [6.45, 7) is 0.688. The lowest BCUT2D eigenvalue weighted by Gasteiger charge is -2.46. The summed E-state index contributed by atoms with van der Waals surface area (Å²) in [5, 5.41) is 53.0. The van der Waals surface area contributed by atoms with E-state index in [4.69, 9.17) is 18.9 Å². The maximum Gasteiger partial charge on any atom is 0.305 e. The highest BCUT2D eigenvalue weighted by atomic mass is 16.7. The van der Waals surface area contributed by atoms with E-state index >= 15 is 0 Å². The van der Waals surface area contributed by atoms with E-state index in [9.17, 15) is 35.1 Å². The minimum atomic E-state index is -1.60. The molecule has 210 valence electrons. The molecule has 0 unspecified atom stereocenters. The quantitative estimate of drug-likeness (QED) is 0.112. The average molecular weight is 524 g/mol. The van der Waals surface area contributed by atoms with Crippen LogP contribution in [0.25, 0.3) is 0 Å². The number of unbranched alkanes of at least 4 members (excludes halogenated alkanes) is 5. The van der Waals surface area contributed by atoms with Crippen LogP contribution >= 0.6 is 0 Å². The van der Waals surface area contributed by atoms with Crippen molar-refractivity contribution in [3.63, 3.8) is 0 Å². The van der Waals surface area contributed by atoms with Crippen molar-refractivity contribution in [2.45, 2.75) is 107 Å². The van der Waals surface area contributed by atoms with Crippen molar-refractivity contribution in [3.8, 4) is 0 Å². The molecule has 0 saturated carbocycles. The van der Waals surface area contributed by atoms with Crippen molar-refractivity contribution in [3.05, 3.63) is 0 Å². The molecule has 1 amide bonds. The third-order valence-electron chi connectivity index (χ3n) is 6.25. The summed E-state index contributed by atoms with van der Waals surface area (Å²) < 4.78 is 27.0. The van der Waals surface area contributed by atoms with Gasteiger partial charge in [0.25, 0.3) is 0 Å². The molecule has 2 aliphatic heterocycles. The zero-order chi connectivity index (χ0) is 26.7. The molecule has 2 heterocycles. The summed E-state index contributed by atoms with van der Waals surface area (Å²) in [6.07, 6.45) is -4.99. The minimum absolute atomic E-state index is 0.209. The Kier molecular flexibility index (Phi) is 13.5. The van der Waals surface area contributed by atoms with Crippen molar-refractivity contribution < 1.29 is 58.8 Å². The Bertz CT molecular complexity index is 667. The molecular weight excluding hydrogens is 482 g/mol. The molecular formula is C23H41NO12. The maximum absolute atomic E-state index is 11.8. The fraction of sp³-hybridized carbons (Fsp3) is 0.913. The highest BCUT2D eigenvalue weighted by Crippen LogP contribution is 2.28. The van der Waals surface area contributed by atoms with Gasteiger partial charge < -0.3 is 54.5 Å². The van der Waals surface area contributed by atoms with Gasteiger partial charge >= 0.3 is 5.97 Å². The monoisotopic (exact) mass is 523 g/mol. The maximum atomic E-state index is 11.8. The Morgan fingerprint density at radius 2 is 1.61 bits per heavy atom. The van der Waals surface area contributed by atoms with Gasteiger partial charge in [-0.1, -0.05) is 25.7 Å². The minimum Gasteiger partial charge on any atom is -0.469 e. The highest BCUT2D eigenvalue weighted by Gasteiger charge is 2.49. The largest absolute Gasteiger partial charge is 0.469 e. The fourth-order valence-corrected chi connectivity index (χ4v) is 4.20. The van der Waals surface area contributed by atoms with Crippen molar-refractivity contribution in [1.82, 2.24) is 5.32 Å². The van der Waals surface area contributed by atoms with Crippen molar-refractivity contribution in [2.24, 2.45) is 0 Å². The van der Waals surface area contributed by atoms with E-state index in [-0.39, 0.29) is 19.2 Å². The van der Waals surface area contributed by atoms with E-state index in [1.54, 1.807) is 0 Å². The predicted octanol–water partition coefficient (Wildman–Crippen LogP) is -1.69. The molecule has 9 atom stereocenters. The van der Waals surface area contributed by atoms with Gasteiger partial charge in [-0.15, -0.1) is 0 Å². The number of ether oxygens (including phenoxy) is 5. The Morgan fingerprint density at radius 1 is 0.944 bits per heavy atom. The van der Waals surface area contributed by atoms with Crippen molar-refractivity contribution in [2.75, 3.05) is 26.9 Å². The molecule has 36 heavy (non-hydrogen) atoms. The summed E-state index contributed by atoms with van der Waals surface area (Å²) in [5.41, 5.74) is 0. The third-order valence-corrected chi connectivity index (χ3v) is 6.25. The number of amides is 1. The zero-order valence-electron chi connectivity index (χ0n) is 20.9. The first-order valence-corrected chi connectivity index (χ1v) is 12.4. The lowest BCUT2D eigenvalue weighted by molar-refractivity contribution is -0.333. The molecule has 0 aromatic carbocycles. The van der Waals surface area contributed by atoms with Gasteiger partial charge in [0.15, 0.2) is 12.6 Å². The number of nitrogens with one attached hydrogen (secondary N) is 1. The summed E-state index contributed by atoms with van der Waals surface area (Å²) in [4.78, 5) is 22.9. The van der Waals surface area contributed by atoms with Crippen LogP contribution in [0.4, 0.5) is 0 Å². The number of esters is 1. The molecule has 0 bridgehead atoms. The van der Waals surface area contributed by atoms with Crippen LogP contribution in [-0.4, -0.2) is 120 Å². The Balaban J connectivity index is 1.86. The van der Waals surface area contributed by atoms with Crippen LogP contribution in [0, 0.1) is 0 Å². The van der Waals surface area contributed by atoms with Crippen LogP contribution in [0.1, 0.15) is 51.9 Å². The lowest BCUT2D eigenvalue weighted by atomic mass is 9.96. The van der Waals surface area contributed by atoms with Gasteiger partial charge in [-0.3, -0.25) is 9.59 Å². The first-order valence-electron chi connectivity index (χ1n) is 12.4. The molecule has 0 aromatic heterocycles. The number of aliphatic hydroxyl groups excluding tert-OH is 5. The van der Waals surface area contributed by atoms with E-state index in [0.717, 1.165) is 32.1 Å². The molecule has 13 heteroatoms. The molecule has 2 fully saturated rings. The molecule has 2 aliphatic rings. The van der Waals surface area contributed by atoms with Crippen LogP contribution in [-0.2, 0) is 33.3 Å². The zero-order valence-corrected chi connectivity index (χ0v) is 20.9. The van der Waals surface area contributed by atoms with Crippen LogP contribution in [0.2, 0.25) is 0 Å². The van der Waals surface area contributed by atoms with E-state index < -0.39 is 67.8 Å². The number of aliphatic hydroxyl groups is 5. The fourth-order valence-electron chi connectivity index (χ4n) is 4.20. The van der Waals surface area contributed by atoms with Crippen LogP contribution in [0.5, 0.6) is 0 Å². The summed E-state index contributed by atoms with van der Waals surface area (Å²) in [7, 11) is 1.37. The van der Waals surface area contributed by atoms with E-state index in [1.807, 2.05) is 0 Å². The van der Waals surface area contributed by atoms with Gasteiger partial charge in [-0.25, -0.2) is 0 Å². The third kappa shape index (κ3) is 9.15. The van der Waals surface area contributed by atoms with Crippen LogP contribution < -0.4 is 5.32 Å². The average Bonchev–Trinajstić information content (AvgIpc) is 2.85. The Labute approximate surface area is 210 Å². The van der Waals surface area contributed by atoms with Gasteiger partial charge in [0.1, 0.15) is 42.7 Å². The normalized spacial score (nSPS) is 34.8. The molecule has 0 radical (unpaired) electrons.